The summed E-state index contributed by atoms with van der Waals surface area (Å²) < 4.78 is 6.30. The van der Waals surface area contributed by atoms with Crippen molar-refractivity contribution >= 4 is 6.08 Å². The summed E-state index contributed by atoms with van der Waals surface area (Å²) in [4.78, 5) is 2.59. The molecule has 0 N–H and O–H groups in total. The van der Waals surface area contributed by atoms with Gasteiger partial charge < -0.3 is 4.74 Å². The van der Waals surface area contributed by atoms with E-state index >= 15 is 0 Å². The molecule has 1 rings (SSSR count). The van der Waals surface area contributed by atoms with Gasteiger partial charge in [-0.05, 0) is 25.3 Å². The van der Waals surface area contributed by atoms with Gasteiger partial charge in [-0.25, -0.2) is 0 Å². The molecular weight excluding hydrogens is 354 g/mol. The van der Waals surface area contributed by atoms with E-state index in [9.17, 15) is 0 Å². The van der Waals surface area contributed by atoms with Gasteiger partial charge in [0.25, 0.3) is 0 Å². The van der Waals surface area contributed by atoms with Crippen molar-refractivity contribution in [1.29, 1.82) is 0 Å². The Hall–Kier alpha value is -1.12. The van der Waals surface area contributed by atoms with E-state index in [0.29, 0.717) is 0 Å². The minimum absolute atomic E-state index is 0.0421. The quantitative estimate of drug-likeness (QED) is 0.170. The molecule has 1 unspecified atom stereocenters. The first kappa shape index (κ1) is 25.9. The highest BCUT2D eigenvalue weighted by molar-refractivity contribution is 5.52. The molecule has 2 nitrogen and oxygen atoms in total. The second-order valence-electron chi connectivity index (χ2n) is 8.21. The molecule has 0 aromatic heterocycles. The molecule has 0 aliphatic carbocycles. The van der Waals surface area contributed by atoms with Crippen molar-refractivity contribution in [3.05, 3.63) is 42.0 Å². The molecule has 2 heteroatoms. The third-order valence-electron chi connectivity index (χ3n) is 5.74. The monoisotopic (exact) mass is 401 g/mol. The smallest absolute Gasteiger partial charge is 0.137 e. The molecule has 1 aromatic rings. The van der Waals surface area contributed by atoms with Gasteiger partial charge in [0.15, 0.2) is 0 Å². The van der Waals surface area contributed by atoms with Gasteiger partial charge in [0, 0.05) is 25.3 Å². The molecule has 0 saturated heterocycles. The summed E-state index contributed by atoms with van der Waals surface area (Å²) in [5, 5.41) is 0. The minimum Gasteiger partial charge on any atom is -0.359 e. The molecule has 1 aromatic carbocycles. The first-order chi connectivity index (χ1) is 14.3. The van der Waals surface area contributed by atoms with Crippen LogP contribution in [0.25, 0.3) is 6.08 Å². The van der Waals surface area contributed by atoms with Crippen molar-refractivity contribution < 1.29 is 4.74 Å². The van der Waals surface area contributed by atoms with E-state index in [1.54, 1.807) is 0 Å². The molecule has 0 amide bonds. The molecule has 0 heterocycles. The Kier molecular flexibility index (Phi) is 15.8. The molecule has 0 aliphatic heterocycles. The summed E-state index contributed by atoms with van der Waals surface area (Å²) >= 11 is 0. The average Bonchev–Trinajstić information content (AvgIpc) is 2.75. The highest BCUT2D eigenvalue weighted by Crippen LogP contribution is 2.27. The van der Waals surface area contributed by atoms with Crippen LogP contribution in [-0.2, 0) is 4.74 Å². The van der Waals surface area contributed by atoms with E-state index in [-0.39, 0.29) is 6.23 Å². The maximum absolute atomic E-state index is 6.30. The molecule has 29 heavy (non-hydrogen) atoms. The van der Waals surface area contributed by atoms with Crippen LogP contribution in [0.2, 0.25) is 0 Å². The second-order valence-corrected chi connectivity index (χ2v) is 8.21. The fraction of sp³-hybridized carbons (Fsp3) is 0.704. The van der Waals surface area contributed by atoms with E-state index in [4.69, 9.17) is 4.74 Å². The van der Waals surface area contributed by atoms with E-state index in [1.807, 2.05) is 6.08 Å². The fourth-order valence-electron chi connectivity index (χ4n) is 4.01. The van der Waals surface area contributed by atoms with Gasteiger partial charge in [-0.3, -0.25) is 4.90 Å². The topological polar surface area (TPSA) is 12.5 Å². The van der Waals surface area contributed by atoms with Crippen LogP contribution < -0.4 is 0 Å². The lowest BCUT2D eigenvalue weighted by Crippen LogP contribution is -2.33. The molecule has 0 aliphatic rings. The number of hydrogen-bond acceptors (Lipinski definition) is 2. The third-order valence-corrected chi connectivity index (χ3v) is 5.74. The zero-order valence-corrected chi connectivity index (χ0v) is 19.6. The molecule has 0 bridgehead atoms. The van der Waals surface area contributed by atoms with E-state index < -0.39 is 0 Å². The molecule has 1 atom stereocenters. The molecule has 0 radical (unpaired) electrons. The first-order valence-corrected chi connectivity index (χ1v) is 12.3. The summed E-state index contributed by atoms with van der Waals surface area (Å²) in [6.07, 6.45) is 18.0. The summed E-state index contributed by atoms with van der Waals surface area (Å²) in [5.74, 6) is 0. The first-order valence-electron chi connectivity index (χ1n) is 12.3. The number of benzene rings is 1. The van der Waals surface area contributed by atoms with E-state index in [2.05, 4.69) is 56.5 Å². The van der Waals surface area contributed by atoms with Gasteiger partial charge in [-0.15, -0.1) is 0 Å². The van der Waals surface area contributed by atoms with Crippen molar-refractivity contribution in [2.24, 2.45) is 0 Å². The molecule has 166 valence electrons. The Morgan fingerprint density at radius 1 is 0.793 bits per heavy atom. The average molecular weight is 402 g/mol. The Morgan fingerprint density at radius 2 is 1.31 bits per heavy atom. The van der Waals surface area contributed by atoms with Gasteiger partial charge in [-0.2, -0.15) is 0 Å². The van der Waals surface area contributed by atoms with Crippen LogP contribution in [0.4, 0.5) is 0 Å². The van der Waals surface area contributed by atoms with Gasteiger partial charge >= 0.3 is 0 Å². The Bertz CT molecular complexity index is 497. The second kappa shape index (κ2) is 17.7. The predicted octanol–water partition coefficient (Wildman–Crippen LogP) is 8.39. The van der Waals surface area contributed by atoms with Crippen LogP contribution in [0.3, 0.4) is 0 Å². The summed E-state index contributed by atoms with van der Waals surface area (Å²) in [6, 6.07) is 8.59. The van der Waals surface area contributed by atoms with Crippen molar-refractivity contribution in [2.45, 2.75) is 104 Å². The van der Waals surface area contributed by atoms with Crippen LogP contribution in [-0.4, -0.2) is 24.6 Å². The van der Waals surface area contributed by atoms with E-state index in [1.165, 1.54) is 88.2 Å². The van der Waals surface area contributed by atoms with Gasteiger partial charge in [0.1, 0.15) is 6.23 Å². The lowest BCUT2D eigenvalue weighted by Gasteiger charge is -2.33. The normalized spacial score (nSPS) is 12.4. The van der Waals surface area contributed by atoms with Crippen LogP contribution in [0.15, 0.2) is 30.8 Å². The molecular formula is C27H47NO. The Balaban J connectivity index is 2.73. The zero-order valence-electron chi connectivity index (χ0n) is 19.6. The SMILES string of the molecule is C=Cc1ccccc1C(OCC)N(CCCCCCCC)CCCCCCCC. The van der Waals surface area contributed by atoms with Gasteiger partial charge in [0.2, 0.25) is 0 Å². The lowest BCUT2D eigenvalue weighted by molar-refractivity contribution is -0.0593. The Labute approximate surface area is 181 Å². The zero-order chi connectivity index (χ0) is 21.2. The number of unbranched alkanes of at least 4 members (excludes halogenated alkanes) is 10. The molecule has 0 spiro atoms. The number of hydrogen-bond donors (Lipinski definition) is 0. The largest absolute Gasteiger partial charge is 0.359 e. The number of nitrogens with zero attached hydrogens (tertiary/aromatic N) is 1. The highest BCUT2D eigenvalue weighted by Gasteiger charge is 2.22. The number of rotatable bonds is 19. The minimum atomic E-state index is 0.0421. The van der Waals surface area contributed by atoms with Crippen LogP contribution in [0, 0.1) is 0 Å². The summed E-state index contributed by atoms with van der Waals surface area (Å²) in [6.45, 7) is 13.7. The summed E-state index contributed by atoms with van der Waals surface area (Å²) in [5.41, 5.74) is 2.46. The highest BCUT2D eigenvalue weighted by atomic mass is 16.5. The maximum Gasteiger partial charge on any atom is 0.137 e. The van der Waals surface area contributed by atoms with Crippen molar-refractivity contribution in [3.63, 3.8) is 0 Å². The summed E-state index contributed by atoms with van der Waals surface area (Å²) in [7, 11) is 0. The van der Waals surface area contributed by atoms with Gasteiger partial charge in [0.05, 0.1) is 0 Å². The molecule has 0 saturated carbocycles. The van der Waals surface area contributed by atoms with Gasteiger partial charge in [-0.1, -0.05) is 115 Å². The lowest BCUT2D eigenvalue weighted by atomic mass is 10.0. The van der Waals surface area contributed by atoms with Crippen LogP contribution >= 0.6 is 0 Å². The Morgan fingerprint density at radius 3 is 1.83 bits per heavy atom. The third kappa shape index (κ3) is 11.0. The van der Waals surface area contributed by atoms with E-state index in [0.717, 1.165) is 19.7 Å². The predicted molar refractivity (Wildman–Crippen MR) is 129 cm³/mol. The van der Waals surface area contributed by atoms with Crippen molar-refractivity contribution in [2.75, 3.05) is 19.7 Å². The maximum atomic E-state index is 6.30. The van der Waals surface area contributed by atoms with Crippen molar-refractivity contribution in [3.8, 4) is 0 Å². The van der Waals surface area contributed by atoms with Crippen molar-refractivity contribution in [1.82, 2.24) is 4.90 Å². The fourth-order valence-corrected chi connectivity index (χ4v) is 4.01. The molecule has 0 fully saturated rings. The standard InChI is InChI=1S/C27H47NO/c1-5-9-11-13-15-19-23-28(24-20-16-14-12-10-6-2)27(29-8-4)26-22-18-17-21-25(26)7-3/h7,17-18,21-22,27H,3,5-6,8-16,19-20,23-24H2,1-2,4H3. The van der Waals surface area contributed by atoms with Crippen LogP contribution in [0.1, 0.15) is 115 Å². The van der Waals surface area contributed by atoms with Crippen LogP contribution in [0.5, 0.6) is 0 Å². The number of ether oxygens (including phenoxy) is 1.